The van der Waals surface area contributed by atoms with Crippen LogP contribution in [0.4, 0.5) is 0 Å². The van der Waals surface area contributed by atoms with Crippen LogP contribution < -0.4 is 15.9 Å². The van der Waals surface area contributed by atoms with Crippen LogP contribution in [0.5, 0.6) is 0 Å². The van der Waals surface area contributed by atoms with Crippen molar-refractivity contribution in [1.82, 2.24) is 0 Å². The molecule has 0 fully saturated rings. The van der Waals surface area contributed by atoms with Crippen LogP contribution in [0.3, 0.4) is 0 Å². The van der Waals surface area contributed by atoms with Crippen molar-refractivity contribution >= 4 is 39.1 Å². The van der Waals surface area contributed by atoms with E-state index in [-0.39, 0.29) is 0 Å². The third kappa shape index (κ3) is 3.42. The molecular weight excluding hydrogens is 363 g/mol. The van der Waals surface area contributed by atoms with E-state index in [9.17, 15) is 0 Å². The second kappa shape index (κ2) is 7.43. The highest BCUT2D eigenvalue weighted by Gasteiger charge is 2.45. The molecule has 0 saturated heterocycles. The van der Waals surface area contributed by atoms with Gasteiger partial charge < -0.3 is 0 Å². The van der Waals surface area contributed by atoms with Crippen molar-refractivity contribution in [3.8, 4) is 0 Å². The lowest BCUT2D eigenvalue weighted by Gasteiger charge is -2.28. The zero-order chi connectivity index (χ0) is 16.1. The van der Waals surface area contributed by atoms with Gasteiger partial charge in [-0.05, 0) is 43.3 Å². The lowest BCUT2D eigenvalue weighted by Crippen LogP contribution is -2.35. The molecule has 0 heterocycles. The van der Waals surface area contributed by atoms with Gasteiger partial charge in [0, 0.05) is 4.83 Å². The molecule has 3 aromatic rings. The molecule has 0 amide bonds. The van der Waals surface area contributed by atoms with Crippen LogP contribution in [0, 0.1) is 0 Å². The third-order valence-corrected chi connectivity index (χ3v) is 9.57. The number of alkyl halides is 1. The molecule has 2 heteroatoms. The van der Waals surface area contributed by atoms with Crippen LogP contribution >= 0.6 is 23.2 Å². The van der Waals surface area contributed by atoms with Crippen molar-refractivity contribution in [3.05, 3.63) is 91.0 Å². The fraction of sp³-hybridized carbons (Fsp3) is 0.143. The Bertz CT molecular complexity index is 627. The molecule has 0 aliphatic heterocycles. The van der Waals surface area contributed by atoms with Gasteiger partial charge in [-0.3, -0.25) is 0 Å². The summed E-state index contributed by atoms with van der Waals surface area (Å²) in [5, 5.41) is 4.34. The lowest BCUT2D eigenvalue weighted by atomic mass is 10.4. The first-order chi connectivity index (χ1) is 11.2. The van der Waals surface area contributed by atoms with Crippen LogP contribution in [-0.2, 0) is 0 Å². The average molecular weight is 384 g/mol. The van der Waals surface area contributed by atoms with Gasteiger partial charge in [0.1, 0.15) is 23.2 Å². The molecule has 1 unspecified atom stereocenters. The Morgan fingerprint density at radius 3 is 1.22 bits per heavy atom. The molecule has 0 aliphatic carbocycles. The van der Waals surface area contributed by atoms with E-state index in [0.717, 1.165) is 6.16 Å². The van der Waals surface area contributed by atoms with Gasteiger partial charge in [0.15, 0.2) is 0 Å². The summed E-state index contributed by atoms with van der Waals surface area (Å²) >= 11 is 3.83. The van der Waals surface area contributed by atoms with E-state index in [0.29, 0.717) is 4.83 Å². The summed E-state index contributed by atoms with van der Waals surface area (Å²) < 4.78 is 0. The smallest absolute Gasteiger partial charge is 0.0854 e. The SMILES string of the molecule is CC(Br)C[P+](c1ccccc1)(c1ccccc1)c1ccccc1. The van der Waals surface area contributed by atoms with Crippen LogP contribution in [-0.4, -0.2) is 11.0 Å². The van der Waals surface area contributed by atoms with Crippen molar-refractivity contribution in [2.45, 2.75) is 11.8 Å². The van der Waals surface area contributed by atoms with Crippen LogP contribution in [0.15, 0.2) is 91.0 Å². The quantitative estimate of drug-likeness (QED) is 0.439. The van der Waals surface area contributed by atoms with Crippen LogP contribution in [0.1, 0.15) is 6.92 Å². The fourth-order valence-electron chi connectivity index (χ4n) is 3.19. The van der Waals surface area contributed by atoms with Crippen molar-refractivity contribution in [1.29, 1.82) is 0 Å². The van der Waals surface area contributed by atoms with Crippen molar-refractivity contribution in [2.75, 3.05) is 6.16 Å². The summed E-state index contributed by atoms with van der Waals surface area (Å²) in [6, 6.07) is 33.0. The molecule has 0 N–H and O–H groups in total. The van der Waals surface area contributed by atoms with Gasteiger partial charge >= 0.3 is 0 Å². The first-order valence-electron chi connectivity index (χ1n) is 7.92. The van der Waals surface area contributed by atoms with Gasteiger partial charge in [0.25, 0.3) is 0 Å². The average Bonchev–Trinajstić information content (AvgIpc) is 2.62. The van der Waals surface area contributed by atoms with Crippen LogP contribution in [0.25, 0.3) is 0 Å². The number of benzene rings is 3. The van der Waals surface area contributed by atoms with E-state index in [1.54, 1.807) is 0 Å². The van der Waals surface area contributed by atoms with E-state index >= 15 is 0 Å². The molecule has 0 nitrogen and oxygen atoms in total. The van der Waals surface area contributed by atoms with E-state index in [2.05, 4.69) is 114 Å². The van der Waals surface area contributed by atoms with E-state index in [4.69, 9.17) is 0 Å². The molecule has 0 bridgehead atoms. The van der Waals surface area contributed by atoms with Gasteiger partial charge in [-0.25, -0.2) is 0 Å². The second-order valence-corrected chi connectivity index (χ2v) is 10.9. The minimum absolute atomic E-state index is 0.455. The number of hydrogen-bond donors (Lipinski definition) is 0. The first-order valence-corrected chi connectivity index (χ1v) is 10.8. The summed E-state index contributed by atoms with van der Waals surface area (Å²) in [5.74, 6) is 0. The molecule has 23 heavy (non-hydrogen) atoms. The molecule has 1 atom stereocenters. The minimum atomic E-state index is -1.66. The molecule has 0 aromatic heterocycles. The topological polar surface area (TPSA) is 0 Å². The highest BCUT2D eigenvalue weighted by atomic mass is 79.9. The highest BCUT2D eigenvalue weighted by Crippen LogP contribution is 2.56. The zero-order valence-electron chi connectivity index (χ0n) is 13.3. The lowest BCUT2D eigenvalue weighted by molar-refractivity contribution is 1.14. The van der Waals surface area contributed by atoms with Gasteiger partial charge in [-0.1, -0.05) is 70.5 Å². The Balaban J connectivity index is 2.30. The van der Waals surface area contributed by atoms with Gasteiger partial charge in [0.2, 0.25) is 0 Å². The highest BCUT2D eigenvalue weighted by molar-refractivity contribution is 9.09. The van der Waals surface area contributed by atoms with Gasteiger partial charge in [0.05, 0.1) is 6.16 Å². The van der Waals surface area contributed by atoms with Gasteiger partial charge in [-0.15, -0.1) is 0 Å². The van der Waals surface area contributed by atoms with Crippen molar-refractivity contribution in [2.24, 2.45) is 0 Å². The summed E-state index contributed by atoms with van der Waals surface area (Å²) in [6.07, 6.45) is 1.12. The Morgan fingerprint density at radius 2 is 0.957 bits per heavy atom. The zero-order valence-corrected chi connectivity index (χ0v) is 15.8. The van der Waals surface area contributed by atoms with E-state index in [1.807, 2.05) is 0 Å². The molecule has 0 spiro atoms. The predicted molar refractivity (Wildman–Crippen MR) is 108 cm³/mol. The minimum Gasteiger partial charge on any atom is -0.0854 e. The Kier molecular flexibility index (Phi) is 5.30. The third-order valence-electron chi connectivity index (χ3n) is 4.12. The molecule has 116 valence electrons. The molecule has 3 rings (SSSR count). The van der Waals surface area contributed by atoms with Crippen LogP contribution in [0.2, 0.25) is 0 Å². The standard InChI is InChI=1S/C21H21BrP/c1-18(22)17-23(19-11-5-2-6-12-19,20-13-7-3-8-14-20)21-15-9-4-10-16-21/h2-16,18H,17H2,1H3/q+1. The Labute approximate surface area is 148 Å². The molecule has 3 aromatic carbocycles. The maximum absolute atomic E-state index is 3.83. The number of halogens is 1. The van der Waals surface area contributed by atoms with Crippen molar-refractivity contribution < 1.29 is 0 Å². The Hall–Kier alpha value is -1.43. The summed E-state index contributed by atoms with van der Waals surface area (Å²) in [6.45, 7) is 2.25. The molecular formula is C21H21BrP+. The van der Waals surface area contributed by atoms with Crippen molar-refractivity contribution in [3.63, 3.8) is 0 Å². The molecule has 0 saturated carbocycles. The maximum atomic E-state index is 3.83. The molecule has 0 aliphatic rings. The predicted octanol–water partition coefficient (Wildman–Crippen LogP) is 4.76. The van der Waals surface area contributed by atoms with E-state index in [1.165, 1.54) is 15.9 Å². The summed E-state index contributed by atoms with van der Waals surface area (Å²) in [4.78, 5) is 0.455. The normalized spacial score (nSPS) is 12.8. The number of hydrogen-bond acceptors (Lipinski definition) is 0. The Morgan fingerprint density at radius 1 is 0.652 bits per heavy atom. The van der Waals surface area contributed by atoms with E-state index < -0.39 is 7.26 Å². The first kappa shape index (κ1) is 16.4. The summed E-state index contributed by atoms with van der Waals surface area (Å²) in [7, 11) is -1.66. The largest absolute Gasteiger partial charge is 0.113 e. The maximum Gasteiger partial charge on any atom is 0.113 e. The monoisotopic (exact) mass is 383 g/mol. The summed E-state index contributed by atoms with van der Waals surface area (Å²) in [5.41, 5.74) is 0. The fourth-order valence-corrected chi connectivity index (χ4v) is 8.82. The van der Waals surface area contributed by atoms with Gasteiger partial charge in [-0.2, -0.15) is 0 Å². The molecule has 0 radical (unpaired) electrons. The number of rotatable bonds is 5. The second-order valence-electron chi connectivity index (χ2n) is 5.78.